The van der Waals surface area contributed by atoms with Gasteiger partial charge in [0.15, 0.2) is 4.96 Å². The first-order valence-electron chi connectivity index (χ1n) is 7.11. The van der Waals surface area contributed by atoms with Gasteiger partial charge in [-0.05, 0) is 12.1 Å². The first kappa shape index (κ1) is 13.7. The lowest BCUT2D eigenvalue weighted by Crippen LogP contribution is -1.97. The second-order valence-corrected chi connectivity index (χ2v) is 5.83. The first-order chi connectivity index (χ1) is 11.3. The Kier molecular flexibility index (Phi) is 3.39. The number of rotatable bonds is 4. The van der Waals surface area contributed by atoms with Gasteiger partial charge in [-0.2, -0.15) is 0 Å². The summed E-state index contributed by atoms with van der Waals surface area (Å²) in [5, 5.41) is 8.29. The molecule has 0 fully saturated rings. The van der Waals surface area contributed by atoms with Gasteiger partial charge in [-0.3, -0.25) is 4.40 Å². The Bertz CT molecular complexity index is 912. The van der Waals surface area contributed by atoms with Gasteiger partial charge in [0.1, 0.15) is 18.0 Å². The van der Waals surface area contributed by atoms with Crippen molar-refractivity contribution in [3.63, 3.8) is 0 Å². The Morgan fingerprint density at radius 3 is 2.70 bits per heavy atom. The van der Waals surface area contributed by atoms with Gasteiger partial charge in [-0.15, -0.1) is 11.3 Å². The van der Waals surface area contributed by atoms with Crippen LogP contribution in [0.2, 0.25) is 0 Å². The van der Waals surface area contributed by atoms with Crippen molar-refractivity contribution in [3.05, 3.63) is 54.4 Å². The van der Waals surface area contributed by atoms with Gasteiger partial charge >= 0.3 is 0 Å². The van der Waals surface area contributed by atoms with E-state index < -0.39 is 0 Å². The lowest BCUT2D eigenvalue weighted by molar-refractivity contribution is 1.16. The van der Waals surface area contributed by atoms with Crippen molar-refractivity contribution in [2.24, 2.45) is 0 Å². The third-order valence-corrected chi connectivity index (χ3v) is 4.24. The molecule has 2 N–H and O–H groups in total. The number of fused-ring (bicyclic) bond motifs is 1. The Morgan fingerprint density at radius 2 is 1.91 bits per heavy atom. The van der Waals surface area contributed by atoms with Crippen molar-refractivity contribution < 1.29 is 0 Å². The summed E-state index contributed by atoms with van der Waals surface area (Å²) in [4.78, 5) is 13.9. The van der Waals surface area contributed by atoms with Crippen LogP contribution in [-0.2, 0) is 0 Å². The molecule has 7 heteroatoms. The van der Waals surface area contributed by atoms with E-state index in [-0.39, 0.29) is 0 Å². The maximum atomic E-state index is 4.61. The number of imidazole rings is 1. The molecule has 0 saturated heterocycles. The molecule has 0 radical (unpaired) electrons. The maximum Gasteiger partial charge on any atom is 0.194 e. The van der Waals surface area contributed by atoms with E-state index >= 15 is 0 Å². The number of benzene rings is 1. The fourth-order valence-electron chi connectivity index (χ4n) is 2.30. The van der Waals surface area contributed by atoms with Crippen molar-refractivity contribution in [1.29, 1.82) is 0 Å². The van der Waals surface area contributed by atoms with E-state index in [4.69, 9.17) is 0 Å². The van der Waals surface area contributed by atoms with Crippen LogP contribution in [0.25, 0.3) is 16.2 Å². The van der Waals surface area contributed by atoms with Crippen LogP contribution in [0.3, 0.4) is 0 Å². The molecule has 0 bridgehead atoms. The summed E-state index contributed by atoms with van der Waals surface area (Å²) in [5.74, 6) is 1.52. The smallest absolute Gasteiger partial charge is 0.194 e. The third-order valence-electron chi connectivity index (χ3n) is 3.47. The molecule has 0 unspecified atom stereocenters. The molecule has 0 saturated carbocycles. The Hall–Kier alpha value is -2.93. The minimum atomic E-state index is 0.750. The summed E-state index contributed by atoms with van der Waals surface area (Å²) in [6.45, 7) is 0. The zero-order valence-corrected chi connectivity index (χ0v) is 13.2. The standard InChI is InChI=1S/C16H14N6S/c1-17-14-8-15(19-10-18-14)20-12-4-2-11(3-5-12)13-9-22-6-7-23-16(22)21-13/h2-10H,1H3,(H2,17,18,19,20). The zero-order valence-electron chi connectivity index (χ0n) is 12.4. The normalized spacial score (nSPS) is 10.8. The Morgan fingerprint density at radius 1 is 1.09 bits per heavy atom. The van der Waals surface area contributed by atoms with E-state index in [0.717, 1.165) is 33.5 Å². The molecule has 0 aliphatic rings. The molecule has 6 nitrogen and oxygen atoms in total. The number of aromatic nitrogens is 4. The number of hydrogen-bond acceptors (Lipinski definition) is 6. The molecule has 0 spiro atoms. The van der Waals surface area contributed by atoms with Gasteiger partial charge in [-0.1, -0.05) is 12.1 Å². The van der Waals surface area contributed by atoms with Gasteiger partial charge in [0, 0.05) is 42.1 Å². The van der Waals surface area contributed by atoms with E-state index in [1.165, 1.54) is 6.33 Å². The highest BCUT2D eigenvalue weighted by atomic mass is 32.1. The van der Waals surface area contributed by atoms with Gasteiger partial charge < -0.3 is 10.6 Å². The van der Waals surface area contributed by atoms with Crippen LogP contribution in [0, 0.1) is 0 Å². The van der Waals surface area contributed by atoms with Crippen molar-refractivity contribution in [2.45, 2.75) is 0 Å². The number of hydrogen-bond donors (Lipinski definition) is 2. The van der Waals surface area contributed by atoms with Crippen molar-refractivity contribution in [2.75, 3.05) is 17.7 Å². The summed E-state index contributed by atoms with van der Waals surface area (Å²) in [7, 11) is 1.83. The lowest BCUT2D eigenvalue weighted by Gasteiger charge is -2.07. The van der Waals surface area contributed by atoms with Crippen LogP contribution in [0.5, 0.6) is 0 Å². The SMILES string of the molecule is CNc1cc(Nc2ccc(-c3cn4ccsc4n3)cc2)ncn1. The van der Waals surface area contributed by atoms with Gasteiger partial charge in [0.05, 0.1) is 5.69 Å². The van der Waals surface area contributed by atoms with Crippen LogP contribution in [0.1, 0.15) is 0 Å². The van der Waals surface area contributed by atoms with Crippen LogP contribution in [0.15, 0.2) is 54.4 Å². The van der Waals surface area contributed by atoms with E-state index in [1.54, 1.807) is 11.3 Å². The van der Waals surface area contributed by atoms with Crippen molar-refractivity contribution in [3.8, 4) is 11.3 Å². The predicted octanol–water partition coefficient (Wildman–Crippen LogP) is 3.64. The highest BCUT2D eigenvalue weighted by molar-refractivity contribution is 7.15. The Balaban J connectivity index is 1.56. The molecule has 114 valence electrons. The van der Waals surface area contributed by atoms with Crippen LogP contribution in [-0.4, -0.2) is 26.4 Å². The topological polar surface area (TPSA) is 67.1 Å². The number of thiazole rings is 1. The van der Waals surface area contributed by atoms with E-state index in [2.05, 4.69) is 37.7 Å². The molecule has 0 aliphatic carbocycles. The molecule has 0 aliphatic heterocycles. The summed E-state index contributed by atoms with van der Waals surface area (Å²) >= 11 is 1.63. The average molecular weight is 322 g/mol. The highest BCUT2D eigenvalue weighted by Crippen LogP contribution is 2.24. The van der Waals surface area contributed by atoms with Gasteiger partial charge in [0.2, 0.25) is 0 Å². The summed E-state index contributed by atoms with van der Waals surface area (Å²) in [6.07, 6.45) is 5.58. The average Bonchev–Trinajstić information content (AvgIpc) is 3.17. The fourth-order valence-corrected chi connectivity index (χ4v) is 3.00. The van der Waals surface area contributed by atoms with E-state index in [0.29, 0.717) is 0 Å². The second-order valence-electron chi connectivity index (χ2n) is 4.96. The summed E-state index contributed by atoms with van der Waals surface area (Å²) in [6, 6.07) is 10.00. The van der Waals surface area contributed by atoms with Crippen LogP contribution < -0.4 is 10.6 Å². The number of nitrogens with one attached hydrogen (secondary N) is 2. The third kappa shape index (κ3) is 2.74. The summed E-state index contributed by atoms with van der Waals surface area (Å²) < 4.78 is 2.03. The second kappa shape index (κ2) is 5.69. The minimum Gasteiger partial charge on any atom is -0.373 e. The fraction of sp³-hybridized carbons (Fsp3) is 0.0625. The zero-order chi connectivity index (χ0) is 15.6. The van der Waals surface area contributed by atoms with Crippen molar-refractivity contribution >= 4 is 33.6 Å². The highest BCUT2D eigenvalue weighted by Gasteiger charge is 2.05. The molecular weight excluding hydrogens is 308 g/mol. The number of anilines is 3. The minimum absolute atomic E-state index is 0.750. The molecule has 4 rings (SSSR count). The van der Waals surface area contributed by atoms with Gasteiger partial charge in [0.25, 0.3) is 0 Å². The van der Waals surface area contributed by atoms with Crippen molar-refractivity contribution in [1.82, 2.24) is 19.4 Å². The molecular formula is C16H14N6S. The molecule has 0 atom stereocenters. The molecule has 23 heavy (non-hydrogen) atoms. The Labute approximate surface area is 136 Å². The van der Waals surface area contributed by atoms with Crippen LogP contribution in [0.4, 0.5) is 17.3 Å². The van der Waals surface area contributed by atoms with E-state index in [9.17, 15) is 0 Å². The molecule has 3 aromatic heterocycles. The van der Waals surface area contributed by atoms with Gasteiger partial charge in [-0.25, -0.2) is 15.0 Å². The predicted molar refractivity (Wildman–Crippen MR) is 93.4 cm³/mol. The monoisotopic (exact) mass is 322 g/mol. The molecule has 3 heterocycles. The molecule has 0 amide bonds. The molecule has 1 aromatic carbocycles. The van der Waals surface area contributed by atoms with Crippen LogP contribution >= 0.6 is 11.3 Å². The quantitative estimate of drug-likeness (QED) is 0.600. The lowest BCUT2D eigenvalue weighted by atomic mass is 10.1. The number of nitrogens with zero attached hydrogens (tertiary/aromatic N) is 4. The largest absolute Gasteiger partial charge is 0.373 e. The first-order valence-corrected chi connectivity index (χ1v) is 7.99. The van der Waals surface area contributed by atoms with E-state index in [1.807, 2.05) is 47.4 Å². The summed E-state index contributed by atoms with van der Waals surface area (Å²) in [5.41, 5.74) is 3.03. The molecule has 4 aromatic rings. The maximum absolute atomic E-state index is 4.61.